The Labute approximate surface area is 103 Å². The van der Waals surface area contributed by atoms with Crippen molar-refractivity contribution in [3.63, 3.8) is 0 Å². The van der Waals surface area contributed by atoms with Gasteiger partial charge in [0.25, 0.3) is 0 Å². The van der Waals surface area contributed by atoms with Crippen LogP contribution in [0, 0.1) is 6.07 Å². The molecule has 0 nitrogen and oxygen atoms in total. The van der Waals surface area contributed by atoms with Gasteiger partial charge in [-0.2, -0.15) is 0 Å². The van der Waals surface area contributed by atoms with Gasteiger partial charge < -0.3 is 0 Å². The first-order chi connectivity index (χ1) is 7.18. The predicted octanol–water partition coefficient (Wildman–Crippen LogP) is 5.11. The van der Waals surface area contributed by atoms with Gasteiger partial charge in [0, 0.05) is 10.6 Å². The van der Waals surface area contributed by atoms with Crippen LogP contribution < -0.4 is 0 Å². The molecule has 15 heavy (non-hydrogen) atoms. The standard InChI is InChI=1S/C12H6Cl3/c13-10-4-2-1-3-9(10)8-5-6-11(14)12(15)7-8/h1,3-7H. The summed E-state index contributed by atoms with van der Waals surface area (Å²) >= 11 is 17.8. The van der Waals surface area contributed by atoms with Gasteiger partial charge in [0.05, 0.1) is 10.0 Å². The predicted molar refractivity (Wildman–Crippen MR) is 65.7 cm³/mol. The zero-order chi connectivity index (χ0) is 10.8. The summed E-state index contributed by atoms with van der Waals surface area (Å²) in [6, 6.07) is 13.8. The molecule has 0 atom stereocenters. The number of halogens is 3. The fourth-order valence-corrected chi connectivity index (χ4v) is 1.84. The second-order valence-electron chi connectivity index (χ2n) is 3.03. The summed E-state index contributed by atoms with van der Waals surface area (Å²) in [5, 5.41) is 1.72. The van der Waals surface area contributed by atoms with Crippen LogP contribution in [0.5, 0.6) is 0 Å². The van der Waals surface area contributed by atoms with Crippen LogP contribution in [-0.4, -0.2) is 0 Å². The molecule has 0 aromatic heterocycles. The summed E-state index contributed by atoms with van der Waals surface area (Å²) in [6.07, 6.45) is 0. The van der Waals surface area contributed by atoms with Crippen molar-refractivity contribution in [3.05, 3.63) is 57.5 Å². The molecule has 2 aromatic carbocycles. The summed E-state index contributed by atoms with van der Waals surface area (Å²) in [4.78, 5) is 0. The SMILES string of the molecule is Clc1ccc(-c2cc[c]cc2Cl)cc1Cl. The first-order valence-electron chi connectivity index (χ1n) is 4.29. The van der Waals surface area contributed by atoms with Crippen molar-refractivity contribution >= 4 is 34.8 Å². The Kier molecular flexibility index (Phi) is 3.20. The normalized spacial score (nSPS) is 10.3. The first-order valence-corrected chi connectivity index (χ1v) is 5.43. The van der Waals surface area contributed by atoms with E-state index in [1.807, 2.05) is 18.2 Å². The number of hydrogen-bond acceptors (Lipinski definition) is 0. The monoisotopic (exact) mass is 255 g/mol. The van der Waals surface area contributed by atoms with E-state index in [1.165, 1.54) is 0 Å². The number of rotatable bonds is 1. The van der Waals surface area contributed by atoms with Gasteiger partial charge in [-0.05, 0) is 29.8 Å². The molecule has 0 N–H and O–H groups in total. The maximum absolute atomic E-state index is 6.04. The van der Waals surface area contributed by atoms with Gasteiger partial charge in [-0.3, -0.25) is 0 Å². The number of benzene rings is 2. The third-order valence-electron chi connectivity index (χ3n) is 2.04. The van der Waals surface area contributed by atoms with E-state index in [1.54, 1.807) is 18.2 Å². The van der Waals surface area contributed by atoms with Crippen molar-refractivity contribution in [1.29, 1.82) is 0 Å². The zero-order valence-electron chi connectivity index (χ0n) is 7.60. The van der Waals surface area contributed by atoms with Crippen LogP contribution in [0.25, 0.3) is 11.1 Å². The molecule has 0 heterocycles. The highest BCUT2D eigenvalue weighted by molar-refractivity contribution is 6.42. The zero-order valence-corrected chi connectivity index (χ0v) is 9.87. The van der Waals surface area contributed by atoms with Crippen LogP contribution in [0.4, 0.5) is 0 Å². The average molecular weight is 257 g/mol. The van der Waals surface area contributed by atoms with Crippen LogP contribution in [0.3, 0.4) is 0 Å². The molecule has 1 radical (unpaired) electrons. The summed E-state index contributed by atoms with van der Waals surface area (Å²) in [5.41, 5.74) is 1.87. The Hall–Kier alpha value is -0.690. The third kappa shape index (κ3) is 2.28. The molecule has 0 aliphatic heterocycles. The summed E-state index contributed by atoms with van der Waals surface area (Å²) in [7, 11) is 0. The Morgan fingerprint density at radius 1 is 0.867 bits per heavy atom. The summed E-state index contributed by atoms with van der Waals surface area (Å²) < 4.78 is 0. The van der Waals surface area contributed by atoms with Crippen molar-refractivity contribution < 1.29 is 0 Å². The summed E-state index contributed by atoms with van der Waals surface area (Å²) in [6.45, 7) is 0. The molecule has 2 rings (SSSR count). The minimum atomic E-state index is 0.526. The van der Waals surface area contributed by atoms with Gasteiger partial charge >= 0.3 is 0 Å². The fourth-order valence-electron chi connectivity index (χ4n) is 1.31. The van der Waals surface area contributed by atoms with Crippen LogP contribution in [0.2, 0.25) is 15.1 Å². The van der Waals surface area contributed by atoms with Crippen molar-refractivity contribution in [2.45, 2.75) is 0 Å². The Bertz CT molecular complexity index is 492. The second-order valence-corrected chi connectivity index (χ2v) is 4.26. The minimum absolute atomic E-state index is 0.526. The molecule has 3 heteroatoms. The van der Waals surface area contributed by atoms with E-state index in [0.717, 1.165) is 11.1 Å². The highest BCUT2D eigenvalue weighted by Gasteiger charge is 2.04. The maximum atomic E-state index is 6.04. The lowest BCUT2D eigenvalue weighted by Gasteiger charge is -2.05. The molecular formula is C12H6Cl3. The lowest BCUT2D eigenvalue weighted by atomic mass is 10.1. The van der Waals surface area contributed by atoms with Crippen LogP contribution >= 0.6 is 34.8 Å². The topological polar surface area (TPSA) is 0 Å². The number of hydrogen-bond donors (Lipinski definition) is 0. The molecule has 0 amide bonds. The maximum Gasteiger partial charge on any atom is 0.0598 e. The van der Waals surface area contributed by atoms with E-state index < -0.39 is 0 Å². The van der Waals surface area contributed by atoms with E-state index in [-0.39, 0.29) is 0 Å². The highest BCUT2D eigenvalue weighted by atomic mass is 35.5. The van der Waals surface area contributed by atoms with Gasteiger partial charge in [-0.25, -0.2) is 0 Å². The molecule has 0 aliphatic carbocycles. The summed E-state index contributed by atoms with van der Waals surface area (Å²) in [5.74, 6) is 0. The van der Waals surface area contributed by atoms with Gasteiger partial charge in [0.15, 0.2) is 0 Å². The Morgan fingerprint density at radius 2 is 1.67 bits per heavy atom. The molecular weight excluding hydrogens is 250 g/mol. The van der Waals surface area contributed by atoms with Crippen molar-refractivity contribution in [1.82, 2.24) is 0 Å². The molecule has 0 unspecified atom stereocenters. The van der Waals surface area contributed by atoms with Crippen LogP contribution in [-0.2, 0) is 0 Å². The van der Waals surface area contributed by atoms with E-state index in [0.29, 0.717) is 15.1 Å². The third-order valence-corrected chi connectivity index (χ3v) is 3.10. The van der Waals surface area contributed by atoms with E-state index in [9.17, 15) is 0 Å². The quantitative estimate of drug-likeness (QED) is 0.665. The van der Waals surface area contributed by atoms with E-state index >= 15 is 0 Å². The molecule has 0 spiro atoms. The Balaban J connectivity index is 2.55. The lowest BCUT2D eigenvalue weighted by Crippen LogP contribution is -1.79. The van der Waals surface area contributed by atoms with Crippen LogP contribution in [0.1, 0.15) is 0 Å². The lowest BCUT2D eigenvalue weighted by molar-refractivity contribution is 1.61. The van der Waals surface area contributed by atoms with Crippen LogP contribution in [0.15, 0.2) is 36.4 Å². The second kappa shape index (κ2) is 4.44. The van der Waals surface area contributed by atoms with Crippen molar-refractivity contribution in [2.75, 3.05) is 0 Å². The van der Waals surface area contributed by atoms with Gasteiger partial charge in [0.1, 0.15) is 0 Å². The van der Waals surface area contributed by atoms with Gasteiger partial charge in [-0.1, -0.05) is 53.0 Å². The highest BCUT2D eigenvalue weighted by Crippen LogP contribution is 2.32. The Morgan fingerprint density at radius 3 is 2.33 bits per heavy atom. The van der Waals surface area contributed by atoms with Crippen molar-refractivity contribution in [2.24, 2.45) is 0 Å². The van der Waals surface area contributed by atoms with E-state index in [4.69, 9.17) is 34.8 Å². The average Bonchev–Trinajstić information content (AvgIpc) is 2.23. The first kappa shape index (κ1) is 10.8. The molecule has 0 saturated carbocycles. The minimum Gasteiger partial charge on any atom is -0.0836 e. The van der Waals surface area contributed by atoms with E-state index in [2.05, 4.69) is 6.07 Å². The molecule has 0 bridgehead atoms. The molecule has 2 aromatic rings. The molecule has 75 valence electrons. The largest absolute Gasteiger partial charge is 0.0836 e. The molecule has 0 fully saturated rings. The van der Waals surface area contributed by atoms with Crippen molar-refractivity contribution in [3.8, 4) is 11.1 Å². The van der Waals surface area contributed by atoms with Gasteiger partial charge in [-0.15, -0.1) is 0 Å². The smallest absolute Gasteiger partial charge is 0.0598 e. The fraction of sp³-hybridized carbons (Fsp3) is 0. The molecule has 0 saturated heterocycles. The molecule has 0 aliphatic rings. The van der Waals surface area contributed by atoms with Gasteiger partial charge in [0.2, 0.25) is 0 Å².